The van der Waals surface area contributed by atoms with Gasteiger partial charge in [0.25, 0.3) is 11.5 Å². The van der Waals surface area contributed by atoms with Crippen molar-refractivity contribution in [3.63, 3.8) is 0 Å². The van der Waals surface area contributed by atoms with Crippen molar-refractivity contribution in [3.8, 4) is 11.6 Å². The van der Waals surface area contributed by atoms with Gasteiger partial charge in [0.2, 0.25) is 5.88 Å². The third kappa shape index (κ3) is 4.40. The summed E-state index contributed by atoms with van der Waals surface area (Å²) in [6, 6.07) is 17.8. The van der Waals surface area contributed by atoms with E-state index in [0.717, 1.165) is 11.1 Å². The van der Waals surface area contributed by atoms with E-state index >= 15 is 0 Å². The van der Waals surface area contributed by atoms with Crippen LogP contribution in [0.4, 0.5) is 0 Å². The van der Waals surface area contributed by atoms with Gasteiger partial charge in [-0.3, -0.25) is 9.59 Å². The number of hydrogen-bond acceptors (Lipinski definition) is 5. The molecule has 1 amide bonds. The van der Waals surface area contributed by atoms with Gasteiger partial charge < -0.3 is 20.1 Å². The van der Waals surface area contributed by atoms with Gasteiger partial charge in [-0.2, -0.15) is 0 Å². The van der Waals surface area contributed by atoms with Crippen LogP contribution in [0.15, 0.2) is 71.7 Å². The summed E-state index contributed by atoms with van der Waals surface area (Å²) in [5.41, 5.74) is 2.51. The van der Waals surface area contributed by atoms with Gasteiger partial charge in [0.1, 0.15) is 5.75 Å². The second-order valence-electron chi connectivity index (χ2n) is 7.09. The summed E-state index contributed by atoms with van der Waals surface area (Å²) in [5.74, 6) is 0.0567. The van der Waals surface area contributed by atoms with Crippen molar-refractivity contribution in [2.45, 2.75) is 13.0 Å². The molecule has 0 radical (unpaired) electrons. The Morgan fingerprint density at radius 1 is 1.10 bits per heavy atom. The maximum atomic E-state index is 12.7. The highest BCUT2D eigenvalue weighted by molar-refractivity contribution is 5.99. The van der Waals surface area contributed by atoms with E-state index < -0.39 is 0 Å². The van der Waals surface area contributed by atoms with Crippen LogP contribution >= 0.6 is 0 Å². The van der Waals surface area contributed by atoms with Crippen molar-refractivity contribution in [2.75, 3.05) is 7.11 Å². The number of nitrogens with one attached hydrogen (secondary N) is 2. The van der Waals surface area contributed by atoms with Crippen molar-refractivity contribution < 1.29 is 14.6 Å². The first kappa shape index (κ1) is 20.2. The van der Waals surface area contributed by atoms with Crippen molar-refractivity contribution >= 4 is 16.8 Å². The van der Waals surface area contributed by atoms with E-state index in [9.17, 15) is 14.7 Å². The number of nitrogens with zero attached hydrogens (tertiary/aromatic N) is 1. The second kappa shape index (κ2) is 8.71. The fourth-order valence-corrected chi connectivity index (χ4v) is 3.38. The molecule has 0 saturated heterocycles. The number of aromatic nitrogens is 2. The molecule has 0 atom stereocenters. The summed E-state index contributed by atoms with van der Waals surface area (Å²) >= 11 is 0. The molecule has 0 fully saturated rings. The Balaban J connectivity index is 1.60. The summed E-state index contributed by atoms with van der Waals surface area (Å²) in [5, 5.41) is 14.1. The molecule has 2 heterocycles. The topological polar surface area (TPSA) is 104 Å². The van der Waals surface area contributed by atoms with Crippen molar-refractivity contribution in [2.24, 2.45) is 0 Å². The summed E-state index contributed by atoms with van der Waals surface area (Å²) in [6.07, 6.45) is 1.90. The minimum Gasteiger partial charge on any atom is -0.507 e. The van der Waals surface area contributed by atoms with Crippen LogP contribution in [0.25, 0.3) is 10.9 Å². The van der Waals surface area contributed by atoms with Crippen LogP contribution in [0.1, 0.15) is 27.0 Å². The number of ether oxygens (including phenoxy) is 1. The highest BCUT2D eigenvalue weighted by atomic mass is 16.5. The molecule has 0 aliphatic rings. The number of methoxy groups -OCH3 is 1. The molecule has 156 valence electrons. The fourth-order valence-electron chi connectivity index (χ4n) is 3.38. The van der Waals surface area contributed by atoms with Gasteiger partial charge in [-0.25, -0.2) is 4.98 Å². The molecule has 31 heavy (non-hydrogen) atoms. The van der Waals surface area contributed by atoms with Crippen molar-refractivity contribution in [3.05, 3.63) is 99.5 Å². The average molecular weight is 415 g/mol. The number of amides is 1. The highest BCUT2D eigenvalue weighted by Gasteiger charge is 2.15. The third-order valence-electron chi connectivity index (χ3n) is 5.03. The molecule has 2 aromatic carbocycles. The smallest absolute Gasteiger partial charge is 0.255 e. The zero-order valence-corrected chi connectivity index (χ0v) is 16.9. The Hall–Kier alpha value is -4.13. The summed E-state index contributed by atoms with van der Waals surface area (Å²) < 4.78 is 5.09. The van der Waals surface area contributed by atoms with Crippen LogP contribution in [0.2, 0.25) is 0 Å². The van der Waals surface area contributed by atoms with Gasteiger partial charge in [0.15, 0.2) is 0 Å². The Morgan fingerprint density at radius 2 is 1.90 bits per heavy atom. The molecule has 0 bridgehead atoms. The maximum Gasteiger partial charge on any atom is 0.255 e. The van der Waals surface area contributed by atoms with Crippen LogP contribution in [0, 0.1) is 0 Å². The van der Waals surface area contributed by atoms with Gasteiger partial charge in [0.05, 0.1) is 18.2 Å². The molecule has 3 N–H and O–H groups in total. The first-order valence-electron chi connectivity index (χ1n) is 9.74. The average Bonchev–Trinajstić information content (AvgIpc) is 2.81. The maximum absolute atomic E-state index is 12.7. The lowest BCUT2D eigenvalue weighted by molar-refractivity contribution is 0.0951. The molecule has 0 spiro atoms. The number of carbonyl (C=O) groups excluding carboxylic acids is 1. The zero-order valence-electron chi connectivity index (χ0n) is 16.9. The number of hydrogen-bond donors (Lipinski definition) is 3. The van der Waals surface area contributed by atoms with Crippen molar-refractivity contribution in [1.82, 2.24) is 15.3 Å². The summed E-state index contributed by atoms with van der Waals surface area (Å²) in [7, 11) is 1.53. The number of H-pyrrole nitrogens is 1. The van der Waals surface area contributed by atoms with E-state index in [4.69, 9.17) is 4.74 Å². The first-order valence-corrected chi connectivity index (χ1v) is 9.74. The first-order chi connectivity index (χ1) is 15.0. The number of carbonyl (C=O) groups is 1. The quantitative estimate of drug-likeness (QED) is 0.449. The Labute approximate surface area is 178 Å². The standard InChI is InChI=1S/C24H21N3O4/c1-31-21-12-16(9-10-25-21)14-26-23(29)17-7-8-20-18(13-17)22(28)19(24(30)27-20)11-15-5-3-2-4-6-15/h2-10,12-13H,11,14H2,1H3,(H,26,29)(H2,27,28,30). The van der Waals surface area contributed by atoms with Gasteiger partial charge in [0, 0.05) is 36.2 Å². The Kier molecular flexibility index (Phi) is 5.66. The van der Waals surface area contributed by atoms with Gasteiger partial charge in [-0.1, -0.05) is 30.3 Å². The van der Waals surface area contributed by atoms with Gasteiger partial charge in [-0.05, 0) is 35.4 Å². The van der Waals surface area contributed by atoms with E-state index in [1.54, 1.807) is 36.5 Å². The van der Waals surface area contributed by atoms with E-state index in [-0.39, 0.29) is 29.2 Å². The van der Waals surface area contributed by atoms with E-state index in [2.05, 4.69) is 15.3 Å². The normalized spacial score (nSPS) is 10.7. The molecule has 7 heteroatoms. The Morgan fingerprint density at radius 3 is 2.68 bits per heavy atom. The summed E-state index contributed by atoms with van der Waals surface area (Å²) in [4.78, 5) is 32.0. The van der Waals surface area contributed by atoms with Crippen LogP contribution in [-0.2, 0) is 13.0 Å². The molecule has 2 aromatic heterocycles. The number of benzene rings is 2. The van der Waals surface area contributed by atoms with Crippen LogP contribution in [0.5, 0.6) is 11.6 Å². The molecule has 4 rings (SSSR count). The molecular weight excluding hydrogens is 394 g/mol. The van der Waals surface area contributed by atoms with Crippen LogP contribution in [0.3, 0.4) is 0 Å². The lowest BCUT2D eigenvalue weighted by Gasteiger charge is -2.10. The molecule has 4 aromatic rings. The summed E-state index contributed by atoms with van der Waals surface area (Å²) in [6.45, 7) is 0.298. The van der Waals surface area contributed by atoms with E-state index in [0.29, 0.717) is 28.9 Å². The minimum absolute atomic E-state index is 0.115. The van der Waals surface area contributed by atoms with Crippen molar-refractivity contribution in [1.29, 1.82) is 0 Å². The SMILES string of the molecule is COc1cc(CNC(=O)c2ccc3[nH]c(=O)c(Cc4ccccc4)c(O)c3c2)ccn1. The van der Waals surface area contributed by atoms with Gasteiger partial charge in [-0.15, -0.1) is 0 Å². The van der Waals surface area contributed by atoms with Crippen LogP contribution in [-0.4, -0.2) is 28.1 Å². The van der Waals surface area contributed by atoms with E-state index in [1.165, 1.54) is 7.11 Å². The molecule has 0 unspecified atom stereocenters. The molecule has 0 saturated carbocycles. The predicted molar refractivity (Wildman–Crippen MR) is 117 cm³/mol. The molecule has 7 nitrogen and oxygen atoms in total. The molecule has 0 aliphatic heterocycles. The van der Waals surface area contributed by atoms with E-state index in [1.807, 2.05) is 30.3 Å². The lowest BCUT2D eigenvalue weighted by Crippen LogP contribution is -2.23. The number of aromatic hydroxyl groups is 1. The van der Waals surface area contributed by atoms with Gasteiger partial charge >= 0.3 is 0 Å². The highest BCUT2D eigenvalue weighted by Crippen LogP contribution is 2.27. The largest absolute Gasteiger partial charge is 0.507 e. The van der Waals surface area contributed by atoms with Crippen LogP contribution < -0.4 is 15.6 Å². The molecule has 0 aliphatic carbocycles. The monoisotopic (exact) mass is 415 g/mol. The molecular formula is C24H21N3O4. The number of rotatable bonds is 6. The third-order valence-corrected chi connectivity index (χ3v) is 5.03. The number of fused-ring (bicyclic) bond motifs is 1. The predicted octanol–water partition coefficient (Wildman–Crippen LogP) is 3.16. The fraction of sp³-hybridized carbons (Fsp3) is 0.125. The number of aromatic amines is 1. The lowest BCUT2D eigenvalue weighted by atomic mass is 10.0. The number of pyridine rings is 2. The minimum atomic E-state index is -0.349. The zero-order chi connectivity index (χ0) is 21.8. The second-order valence-corrected chi connectivity index (χ2v) is 7.09. The Bertz CT molecular complexity index is 1300.